The van der Waals surface area contributed by atoms with E-state index in [2.05, 4.69) is 25.9 Å². The van der Waals surface area contributed by atoms with Crippen molar-refractivity contribution in [3.8, 4) is 10.9 Å². The van der Waals surface area contributed by atoms with Crippen molar-refractivity contribution < 1.29 is 18.7 Å². The number of anilines is 2. The van der Waals surface area contributed by atoms with Crippen LogP contribution >= 0.6 is 11.3 Å². The van der Waals surface area contributed by atoms with Crippen LogP contribution < -0.4 is 21.0 Å². The first-order chi connectivity index (χ1) is 14.4. The number of methoxy groups -OCH3 is 2. The highest BCUT2D eigenvalue weighted by atomic mass is 32.1. The van der Waals surface area contributed by atoms with Gasteiger partial charge in [0.1, 0.15) is 0 Å². The Morgan fingerprint density at radius 2 is 2.17 bits per heavy atom. The molecule has 1 fully saturated rings. The molecule has 30 heavy (non-hydrogen) atoms. The number of carbonyl (C=O) groups is 1. The first kappa shape index (κ1) is 20.0. The number of amides is 1. The van der Waals surface area contributed by atoms with E-state index in [0.717, 1.165) is 29.9 Å². The summed E-state index contributed by atoms with van der Waals surface area (Å²) in [6.07, 6.45) is 3.41. The van der Waals surface area contributed by atoms with Crippen molar-refractivity contribution in [1.82, 2.24) is 20.0 Å². The molecule has 1 amide bonds. The van der Waals surface area contributed by atoms with Gasteiger partial charge < -0.3 is 19.2 Å². The van der Waals surface area contributed by atoms with Crippen molar-refractivity contribution >= 4 is 28.1 Å². The van der Waals surface area contributed by atoms with Crippen LogP contribution in [0.1, 0.15) is 29.1 Å². The Labute approximate surface area is 175 Å². The second-order valence-corrected chi connectivity index (χ2v) is 7.87. The zero-order valence-corrected chi connectivity index (χ0v) is 17.4. The summed E-state index contributed by atoms with van der Waals surface area (Å²) in [4.78, 5) is 25.0. The van der Waals surface area contributed by atoms with Gasteiger partial charge in [0.2, 0.25) is 16.0 Å². The van der Waals surface area contributed by atoms with Crippen molar-refractivity contribution in [2.45, 2.75) is 25.3 Å². The molecule has 1 aliphatic carbocycles. The molecule has 158 valence electrons. The van der Waals surface area contributed by atoms with Crippen molar-refractivity contribution in [2.75, 3.05) is 31.5 Å². The summed E-state index contributed by atoms with van der Waals surface area (Å²) in [6, 6.07) is 3.27. The Morgan fingerprint density at radius 3 is 2.80 bits per heavy atom. The molecule has 0 aliphatic heterocycles. The van der Waals surface area contributed by atoms with Gasteiger partial charge in [-0.15, -0.1) is 10.2 Å². The molecule has 3 heterocycles. The molecular formula is C18H20N6O5S. The molecule has 11 nitrogen and oxygen atoms in total. The molecule has 2 N–H and O–H groups in total. The summed E-state index contributed by atoms with van der Waals surface area (Å²) < 4.78 is 17.2. The highest BCUT2D eigenvalue weighted by molar-refractivity contribution is 7.17. The van der Waals surface area contributed by atoms with Crippen molar-refractivity contribution in [3.05, 3.63) is 40.2 Å². The monoisotopic (exact) mass is 432 g/mol. The summed E-state index contributed by atoms with van der Waals surface area (Å²) in [5, 5.41) is 18.7. The van der Waals surface area contributed by atoms with E-state index in [1.807, 2.05) is 13.0 Å². The Morgan fingerprint density at radius 1 is 1.37 bits per heavy atom. The number of aryl methyl sites for hydroxylation is 1. The molecule has 3 aromatic heterocycles. The van der Waals surface area contributed by atoms with Crippen LogP contribution in [0.2, 0.25) is 0 Å². The third-order valence-corrected chi connectivity index (χ3v) is 5.47. The van der Waals surface area contributed by atoms with Crippen molar-refractivity contribution in [1.29, 1.82) is 0 Å². The lowest BCUT2D eigenvalue weighted by atomic mass is 10.2. The minimum Gasteiger partial charge on any atom is -0.488 e. The molecule has 12 heteroatoms. The van der Waals surface area contributed by atoms with E-state index in [0.29, 0.717) is 17.4 Å². The molecule has 4 rings (SSSR count). The van der Waals surface area contributed by atoms with Gasteiger partial charge in [-0.25, -0.2) is 9.48 Å². The Hall–Kier alpha value is -3.25. The van der Waals surface area contributed by atoms with E-state index < -0.39 is 11.5 Å². The number of carbonyl (C=O) groups excluding carboxylic acids is 1. The number of hydrogen-bond acceptors (Lipinski definition) is 10. The van der Waals surface area contributed by atoms with E-state index in [9.17, 15) is 9.59 Å². The minimum absolute atomic E-state index is 0.00119. The summed E-state index contributed by atoms with van der Waals surface area (Å²) in [5.41, 5.74) is 0.217. The third-order valence-electron chi connectivity index (χ3n) is 4.66. The highest BCUT2D eigenvalue weighted by Gasteiger charge is 2.43. The minimum atomic E-state index is -0.758. The van der Waals surface area contributed by atoms with Crippen LogP contribution in [0, 0.1) is 6.92 Å². The van der Waals surface area contributed by atoms with Crippen LogP contribution in [-0.2, 0) is 4.74 Å². The summed E-state index contributed by atoms with van der Waals surface area (Å²) >= 11 is 1.14. The number of aromatic nitrogens is 4. The molecule has 0 saturated heterocycles. The van der Waals surface area contributed by atoms with Gasteiger partial charge in [-0.1, -0.05) is 11.3 Å². The van der Waals surface area contributed by atoms with Crippen molar-refractivity contribution in [2.24, 2.45) is 0 Å². The molecule has 0 aromatic carbocycles. The van der Waals surface area contributed by atoms with Gasteiger partial charge in [0.15, 0.2) is 5.76 Å². The number of ether oxygens (including phenoxy) is 2. The van der Waals surface area contributed by atoms with Crippen LogP contribution in [0.25, 0.3) is 5.13 Å². The molecule has 0 bridgehead atoms. The molecule has 0 radical (unpaired) electrons. The molecule has 3 aromatic rings. The van der Waals surface area contributed by atoms with E-state index in [4.69, 9.17) is 13.9 Å². The van der Waals surface area contributed by atoms with Crippen LogP contribution in [-0.4, -0.2) is 52.3 Å². The molecular weight excluding hydrogens is 412 g/mol. The van der Waals surface area contributed by atoms with Gasteiger partial charge in [0.25, 0.3) is 5.91 Å². The lowest BCUT2D eigenvalue weighted by molar-refractivity contribution is 0.0991. The normalized spacial score (nSPS) is 14.4. The van der Waals surface area contributed by atoms with E-state index in [1.165, 1.54) is 13.2 Å². The SMILES string of the molecule is COCC1(Nc2cc(C(=O)Nc3nnc(-n4nccc4C)s3)oc(=O)c2OC)CC1. The third kappa shape index (κ3) is 3.91. The molecule has 1 saturated carbocycles. The molecule has 1 aliphatic rings. The number of rotatable bonds is 8. The smallest absolute Gasteiger partial charge is 0.381 e. The van der Waals surface area contributed by atoms with Gasteiger partial charge in [0.05, 0.1) is 24.9 Å². The maximum absolute atomic E-state index is 12.7. The lowest BCUT2D eigenvalue weighted by Gasteiger charge is -2.19. The Balaban J connectivity index is 1.56. The predicted molar refractivity (Wildman–Crippen MR) is 109 cm³/mol. The van der Waals surface area contributed by atoms with E-state index in [-0.39, 0.29) is 22.2 Å². The van der Waals surface area contributed by atoms with Gasteiger partial charge in [0, 0.05) is 25.1 Å². The summed E-state index contributed by atoms with van der Waals surface area (Å²) in [6.45, 7) is 2.35. The van der Waals surface area contributed by atoms with Crippen molar-refractivity contribution in [3.63, 3.8) is 0 Å². The quantitative estimate of drug-likeness (QED) is 0.547. The second-order valence-electron chi connectivity index (χ2n) is 6.91. The van der Waals surface area contributed by atoms with Gasteiger partial charge in [-0.3, -0.25) is 10.1 Å². The molecule has 0 unspecified atom stereocenters. The predicted octanol–water partition coefficient (Wildman–Crippen LogP) is 1.84. The summed E-state index contributed by atoms with van der Waals surface area (Å²) in [7, 11) is 2.98. The maximum atomic E-state index is 12.7. The fraction of sp³-hybridized carbons (Fsp3) is 0.389. The van der Waals surface area contributed by atoms with E-state index >= 15 is 0 Å². The number of hydrogen-bond donors (Lipinski definition) is 2. The fourth-order valence-corrected chi connectivity index (χ4v) is 3.74. The van der Waals surface area contributed by atoms with Crippen LogP contribution in [0.4, 0.5) is 10.8 Å². The Bertz CT molecular complexity index is 1130. The largest absolute Gasteiger partial charge is 0.488 e. The lowest BCUT2D eigenvalue weighted by Crippen LogP contribution is -2.28. The van der Waals surface area contributed by atoms with Crippen LogP contribution in [0.5, 0.6) is 5.75 Å². The fourth-order valence-electron chi connectivity index (χ4n) is 2.98. The average Bonchev–Trinajstić information content (AvgIpc) is 3.10. The standard InChI is InChI=1S/C18H20N6O5S/c1-10-4-7-19-24(10)17-23-22-16(30-17)20-14(25)12-8-11(13(28-3)15(26)29-12)21-18(5-6-18)9-27-2/h4,7-8,21H,5-6,9H2,1-3H3,(H,20,22,25). The number of nitrogens with one attached hydrogen (secondary N) is 2. The second kappa shape index (κ2) is 7.88. The van der Waals surface area contributed by atoms with Gasteiger partial charge >= 0.3 is 5.63 Å². The van der Waals surface area contributed by atoms with Crippen LogP contribution in [0.15, 0.2) is 27.5 Å². The Kier molecular flexibility index (Phi) is 5.26. The molecule has 0 spiro atoms. The van der Waals surface area contributed by atoms with Crippen LogP contribution in [0.3, 0.4) is 0 Å². The summed E-state index contributed by atoms with van der Waals surface area (Å²) in [5.74, 6) is -0.806. The zero-order valence-electron chi connectivity index (χ0n) is 16.6. The first-order valence-corrected chi connectivity index (χ1v) is 9.91. The van der Waals surface area contributed by atoms with E-state index in [1.54, 1.807) is 18.0 Å². The topological polar surface area (TPSA) is 133 Å². The molecule has 0 atom stereocenters. The highest BCUT2D eigenvalue weighted by Crippen LogP contribution is 2.40. The number of nitrogens with zero attached hydrogens (tertiary/aromatic N) is 4. The zero-order chi connectivity index (χ0) is 21.3. The van der Waals surface area contributed by atoms with Gasteiger partial charge in [-0.05, 0) is 25.8 Å². The average molecular weight is 432 g/mol. The first-order valence-electron chi connectivity index (χ1n) is 9.10. The maximum Gasteiger partial charge on any atom is 0.381 e. The van der Waals surface area contributed by atoms with Gasteiger partial charge in [-0.2, -0.15) is 5.10 Å².